The van der Waals surface area contributed by atoms with Gasteiger partial charge in [0.25, 0.3) is 0 Å². The van der Waals surface area contributed by atoms with Crippen LogP contribution in [0.3, 0.4) is 0 Å². The molecule has 1 aliphatic carbocycles. The third-order valence-electron chi connectivity index (χ3n) is 3.86. The van der Waals surface area contributed by atoms with Crippen molar-refractivity contribution < 1.29 is 0 Å². The van der Waals surface area contributed by atoms with E-state index in [2.05, 4.69) is 72.4 Å². The van der Waals surface area contributed by atoms with E-state index in [9.17, 15) is 0 Å². The molecule has 0 saturated carbocycles. The van der Waals surface area contributed by atoms with Crippen molar-refractivity contribution in [3.63, 3.8) is 0 Å². The number of hydrogen-bond acceptors (Lipinski definition) is 1. The molecular weight excluding hydrogens is 416 g/mol. The van der Waals surface area contributed by atoms with E-state index in [0.29, 0.717) is 0 Å². The van der Waals surface area contributed by atoms with Crippen molar-refractivity contribution in [1.29, 1.82) is 0 Å². The minimum absolute atomic E-state index is 0.942. The number of halogens is 2. The third-order valence-corrected chi connectivity index (χ3v) is 5.11. The number of benzene rings is 2. The lowest BCUT2D eigenvalue weighted by atomic mass is 9.99. The van der Waals surface area contributed by atoms with Crippen molar-refractivity contribution >= 4 is 31.9 Å². The molecule has 0 atom stereocenters. The Bertz CT molecular complexity index is 854. The van der Waals surface area contributed by atoms with Crippen molar-refractivity contribution in [2.45, 2.75) is 0 Å². The summed E-state index contributed by atoms with van der Waals surface area (Å²) in [6, 6.07) is 22.6. The fourth-order valence-electron chi connectivity index (χ4n) is 2.81. The van der Waals surface area contributed by atoms with E-state index in [0.717, 1.165) is 42.6 Å². The zero-order chi connectivity index (χ0) is 15.8. The highest BCUT2D eigenvalue weighted by Gasteiger charge is 2.24. The number of aromatic amines is 1. The fraction of sp³-hybridized carbons (Fsp3) is 0. The number of rotatable bonds is 2. The molecule has 0 unspecified atom stereocenters. The Balaban J connectivity index is 2.02. The van der Waals surface area contributed by atoms with Crippen LogP contribution >= 0.6 is 31.9 Å². The first-order valence-electron chi connectivity index (χ1n) is 7.22. The number of hydrogen-bond donors (Lipinski definition) is 1. The largest absolute Gasteiger partial charge is 0.277 e. The topological polar surface area (TPSA) is 28.7 Å². The molecule has 0 spiro atoms. The van der Waals surface area contributed by atoms with Crippen LogP contribution in [-0.4, -0.2) is 10.2 Å². The second-order valence-corrected chi connectivity index (χ2v) is 6.98. The Morgan fingerprint density at radius 2 is 1.26 bits per heavy atom. The lowest BCUT2D eigenvalue weighted by Gasteiger charge is -2.14. The van der Waals surface area contributed by atoms with E-state index >= 15 is 0 Å². The van der Waals surface area contributed by atoms with Crippen molar-refractivity contribution in [2.75, 3.05) is 0 Å². The van der Waals surface area contributed by atoms with Gasteiger partial charge in [0.05, 0.1) is 11.4 Å². The van der Waals surface area contributed by atoms with Gasteiger partial charge in [-0.05, 0) is 6.07 Å². The molecule has 2 aliphatic rings. The molecular formula is C19H12Br2N2. The average Bonchev–Trinajstić information content (AvgIpc) is 2.91. The number of fused-ring (bicyclic) bond motifs is 1. The molecule has 2 aromatic carbocycles. The summed E-state index contributed by atoms with van der Waals surface area (Å²) in [5, 5.41) is 7.90. The van der Waals surface area contributed by atoms with Gasteiger partial charge in [0.2, 0.25) is 0 Å². The van der Waals surface area contributed by atoms with Crippen molar-refractivity contribution in [2.24, 2.45) is 0 Å². The van der Waals surface area contributed by atoms with Gasteiger partial charge in [0.1, 0.15) is 0 Å². The van der Waals surface area contributed by atoms with Crippen LogP contribution in [0.4, 0.5) is 0 Å². The summed E-state index contributed by atoms with van der Waals surface area (Å²) < 4.78 is 2.09. The molecule has 1 N–H and O–H groups in total. The number of H-pyrrole nitrogens is 1. The zero-order valence-electron chi connectivity index (χ0n) is 12.1. The highest BCUT2D eigenvalue weighted by atomic mass is 79.9. The molecule has 0 radical (unpaired) electrons. The van der Waals surface area contributed by atoms with E-state index < -0.39 is 0 Å². The molecule has 2 aromatic rings. The highest BCUT2D eigenvalue weighted by molar-refractivity contribution is 9.11. The van der Waals surface area contributed by atoms with Crippen LogP contribution in [0.2, 0.25) is 0 Å². The Morgan fingerprint density at radius 1 is 0.696 bits per heavy atom. The van der Waals surface area contributed by atoms with Crippen LogP contribution < -0.4 is 0 Å². The molecule has 2 nitrogen and oxygen atoms in total. The molecule has 1 heterocycles. The molecule has 4 heteroatoms. The van der Waals surface area contributed by atoms with E-state index in [1.807, 2.05) is 36.4 Å². The standard InChI is InChI=1S/C19H12Br2N2/c20-14-11-15(21)17-16(14)18(12-7-3-1-4-8-12)22-23-19(17)13-9-5-2-6-10-13/h1-11,22H. The monoisotopic (exact) mass is 426 g/mol. The molecule has 0 fully saturated rings. The Labute approximate surface area is 151 Å². The number of nitrogens with zero attached hydrogens (tertiary/aromatic N) is 1. The van der Waals surface area contributed by atoms with E-state index in [4.69, 9.17) is 0 Å². The maximum Gasteiger partial charge on any atom is 0.0996 e. The summed E-state index contributed by atoms with van der Waals surface area (Å²) in [5.41, 5.74) is 6.41. The van der Waals surface area contributed by atoms with E-state index in [1.165, 1.54) is 0 Å². The van der Waals surface area contributed by atoms with Crippen LogP contribution in [0, 0.1) is 0 Å². The smallest absolute Gasteiger partial charge is 0.0996 e. The maximum absolute atomic E-state index is 4.65. The van der Waals surface area contributed by atoms with Gasteiger partial charge >= 0.3 is 0 Å². The van der Waals surface area contributed by atoms with Crippen molar-refractivity contribution in [3.8, 4) is 33.6 Å². The van der Waals surface area contributed by atoms with Crippen molar-refractivity contribution in [3.05, 3.63) is 75.7 Å². The Hall–Kier alpha value is -1.91. The van der Waals surface area contributed by atoms with Gasteiger partial charge in [-0.2, -0.15) is 5.10 Å². The SMILES string of the molecule is Brc1cc(Br)c2c(-c3ccccc3)[nH]nc(-c3ccccc3)c1-2. The van der Waals surface area contributed by atoms with Crippen LogP contribution in [0.25, 0.3) is 33.6 Å². The quantitative estimate of drug-likeness (QED) is 0.395. The summed E-state index contributed by atoms with van der Waals surface area (Å²) in [6.07, 6.45) is 0. The van der Waals surface area contributed by atoms with Gasteiger partial charge in [0.15, 0.2) is 0 Å². The first-order chi connectivity index (χ1) is 11.3. The summed E-state index contributed by atoms with van der Waals surface area (Å²) in [6.45, 7) is 0. The van der Waals surface area contributed by atoms with E-state index in [-0.39, 0.29) is 0 Å². The van der Waals surface area contributed by atoms with Crippen LogP contribution in [0.5, 0.6) is 0 Å². The summed E-state index contributed by atoms with van der Waals surface area (Å²) >= 11 is 7.38. The molecule has 0 saturated heterocycles. The molecule has 4 rings (SSSR count). The number of nitrogens with one attached hydrogen (secondary N) is 1. The van der Waals surface area contributed by atoms with Gasteiger partial charge in [-0.15, -0.1) is 0 Å². The number of aromatic nitrogens is 2. The molecule has 0 amide bonds. The average molecular weight is 428 g/mol. The zero-order valence-corrected chi connectivity index (χ0v) is 15.2. The van der Waals surface area contributed by atoms with Gasteiger partial charge in [-0.25, -0.2) is 0 Å². The predicted octanol–water partition coefficient (Wildman–Crippen LogP) is 6.37. The lowest BCUT2D eigenvalue weighted by Crippen LogP contribution is -1.97. The Morgan fingerprint density at radius 3 is 1.91 bits per heavy atom. The minimum Gasteiger partial charge on any atom is -0.277 e. The summed E-state index contributed by atoms with van der Waals surface area (Å²) in [4.78, 5) is 0. The van der Waals surface area contributed by atoms with Gasteiger partial charge < -0.3 is 0 Å². The first kappa shape index (κ1) is 14.7. The molecule has 23 heavy (non-hydrogen) atoms. The van der Waals surface area contributed by atoms with Crippen LogP contribution in [-0.2, 0) is 0 Å². The Kier molecular flexibility index (Phi) is 3.79. The van der Waals surface area contributed by atoms with Crippen molar-refractivity contribution in [1.82, 2.24) is 10.2 Å². The second kappa shape index (κ2) is 5.95. The first-order valence-corrected chi connectivity index (χ1v) is 8.81. The summed E-state index contributed by atoms with van der Waals surface area (Å²) in [7, 11) is 0. The summed E-state index contributed by atoms with van der Waals surface area (Å²) in [5.74, 6) is 0. The van der Waals surface area contributed by atoms with Crippen LogP contribution in [0.15, 0.2) is 75.7 Å². The normalized spacial score (nSPS) is 11.0. The molecule has 0 aromatic heterocycles. The molecule has 112 valence electrons. The van der Waals surface area contributed by atoms with E-state index in [1.54, 1.807) is 0 Å². The van der Waals surface area contributed by atoms with Gasteiger partial charge in [0, 0.05) is 31.2 Å². The highest BCUT2D eigenvalue weighted by Crippen LogP contribution is 2.47. The fourth-order valence-corrected chi connectivity index (χ4v) is 4.36. The molecule has 0 bridgehead atoms. The van der Waals surface area contributed by atoms with Crippen LogP contribution in [0.1, 0.15) is 0 Å². The second-order valence-electron chi connectivity index (χ2n) is 5.27. The van der Waals surface area contributed by atoms with Gasteiger partial charge in [-0.3, -0.25) is 5.10 Å². The lowest BCUT2D eigenvalue weighted by molar-refractivity contribution is 1.05. The van der Waals surface area contributed by atoms with Gasteiger partial charge in [-0.1, -0.05) is 92.5 Å². The maximum atomic E-state index is 4.65. The predicted molar refractivity (Wildman–Crippen MR) is 101 cm³/mol. The third kappa shape index (κ3) is 2.52. The minimum atomic E-state index is 0.942. The molecule has 1 aliphatic heterocycles.